The Balaban J connectivity index is 1.65. The van der Waals surface area contributed by atoms with E-state index in [1.54, 1.807) is 6.92 Å². The van der Waals surface area contributed by atoms with Crippen molar-refractivity contribution in [2.45, 2.75) is 76.8 Å². The fraction of sp³-hybridized carbons (Fsp3) is 0.682. The molecule has 0 bridgehead atoms. The number of halogens is 3. The number of amides is 1. The second kappa shape index (κ2) is 7.54. The van der Waals surface area contributed by atoms with Gasteiger partial charge < -0.3 is 4.90 Å². The van der Waals surface area contributed by atoms with Crippen LogP contribution in [0.15, 0.2) is 12.1 Å². The van der Waals surface area contributed by atoms with Crippen LogP contribution in [0.5, 0.6) is 0 Å². The van der Waals surface area contributed by atoms with E-state index in [1.807, 2.05) is 28.5 Å². The highest BCUT2D eigenvalue weighted by molar-refractivity contribution is 5.73. The molecule has 2 fully saturated rings. The number of hydrogen-bond donors (Lipinski definition) is 0. The van der Waals surface area contributed by atoms with Gasteiger partial charge in [0.2, 0.25) is 5.91 Å². The maximum atomic E-state index is 13.0. The van der Waals surface area contributed by atoms with Crippen LogP contribution in [0, 0.1) is 12.8 Å². The lowest BCUT2D eigenvalue weighted by Gasteiger charge is -2.40. The molecular weight excluding hydrogens is 393 g/mol. The van der Waals surface area contributed by atoms with E-state index < -0.39 is 12.1 Å². The number of carbonyl (C=O) groups excluding carboxylic acids is 1. The van der Waals surface area contributed by atoms with Gasteiger partial charge in [0, 0.05) is 43.1 Å². The van der Waals surface area contributed by atoms with Crippen LogP contribution in [0.2, 0.25) is 0 Å². The lowest BCUT2D eigenvalue weighted by Crippen LogP contribution is -2.47. The zero-order valence-corrected chi connectivity index (χ0v) is 17.8. The van der Waals surface area contributed by atoms with Crippen LogP contribution in [0.1, 0.15) is 75.4 Å². The van der Waals surface area contributed by atoms with Crippen LogP contribution < -0.4 is 0 Å². The summed E-state index contributed by atoms with van der Waals surface area (Å²) in [5.41, 5.74) is 3.22. The second-order valence-electron chi connectivity index (χ2n) is 9.32. The number of aryl methyl sites for hydroxylation is 1. The van der Waals surface area contributed by atoms with Gasteiger partial charge in [0.1, 0.15) is 0 Å². The van der Waals surface area contributed by atoms with E-state index >= 15 is 0 Å². The van der Waals surface area contributed by atoms with Gasteiger partial charge in [0.25, 0.3) is 0 Å². The molecule has 5 nitrogen and oxygen atoms in total. The number of carbonyl (C=O) groups is 1. The van der Waals surface area contributed by atoms with Crippen molar-refractivity contribution >= 4 is 11.6 Å². The molecule has 3 heterocycles. The maximum absolute atomic E-state index is 13.0. The molecule has 0 spiro atoms. The van der Waals surface area contributed by atoms with Crippen molar-refractivity contribution in [3.63, 3.8) is 0 Å². The van der Waals surface area contributed by atoms with Gasteiger partial charge in [-0.1, -0.05) is 6.92 Å². The van der Waals surface area contributed by atoms with Crippen molar-refractivity contribution in [3.05, 3.63) is 29.2 Å². The Morgan fingerprint density at radius 2 is 1.90 bits per heavy atom. The number of aromatic nitrogens is 3. The largest absolute Gasteiger partial charge is 0.391 e. The van der Waals surface area contributed by atoms with Crippen molar-refractivity contribution in [2.24, 2.45) is 5.92 Å². The van der Waals surface area contributed by atoms with Gasteiger partial charge in [-0.2, -0.15) is 18.3 Å². The van der Waals surface area contributed by atoms with E-state index in [-0.39, 0.29) is 30.1 Å². The normalized spacial score (nSPS) is 28.1. The fourth-order valence-corrected chi connectivity index (χ4v) is 5.18. The third-order valence-electron chi connectivity index (χ3n) is 6.94. The van der Waals surface area contributed by atoms with E-state index in [4.69, 9.17) is 5.10 Å². The summed E-state index contributed by atoms with van der Waals surface area (Å²) in [5.74, 6) is -1.09. The molecule has 1 aliphatic carbocycles. The highest BCUT2D eigenvalue weighted by Crippen LogP contribution is 2.43. The molecule has 8 heteroatoms. The molecule has 1 saturated carbocycles. The summed E-state index contributed by atoms with van der Waals surface area (Å²) in [4.78, 5) is 18.5. The van der Waals surface area contributed by atoms with E-state index in [2.05, 4.69) is 11.9 Å². The number of nitrogens with zero attached hydrogens (tertiary/aromatic N) is 4. The first-order valence-electron chi connectivity index (χ1n) is 10.8. The highest BCUT2D eigenvalue weighted by Gasteiger charge is 2.42. The molecule has 2 aromatic rings. The zero-order valence-electron chi connectivity index (χ0n) is 17.8. The molecule has 0 N–H and O–H groups in total. The van der Waals surface area contributed by atoms with Crippen LogP contribution in [-0.2, 0) is 10.2 Å². The minimum Gasteiger partial charge on any atom is -0.342 e. The Kier molecular flexibility index (Phi) is 5.31. The SMILES string of the molecule is CC(=O)N1CCC[C@@](C)(c2cc(C)nc3cc([C@H]4CC[C@H](C(F)(F)F)CC4)nn23)C1. The minimum absolute atomic E-state index is 0.0336. The first-order chi connectivity index (χ1) is 14.1. The Morgan fingerprint density at radius 3 is 2.53 bits per heavy atom. The molecule has 1 amide bonds. The van der Waals surface area contributed by atoms with Gasteiger partial charge >= 0.3 is 6.18 Å². The molecule has 164 valence electrons. The van der Waals surface area contributed by atoms with E-state index in [9.17, 15) is 18.0 Å². The average molecular weight is 422 g/mol. The quantitative estimate of drug-likeness (QED) is 0.700. The minimum atomic E-state index is -4.10. The summed E-state index contributed by atoms with van der Waals surface area (Å²) in [6.07, 6.45) is -0.918. The van der Waals surface area contributed by atoms with Gasteiger partial charge in [-0.25, -0.2) is 9.50 Å². The van der Waals surface area contributed by atoms with Gasteiger partial charge in [-0.15, -0.1) is 0 Å². The highest BCUT2D eigenvalue weighted by atomic mass is 19.4. The van der Waals surface area contributed by atoms with Crippen molar-refractivity contribution in [3.8, 4) is 0 Å². The fourth-order valence-electron chi connectivity index (χ4n) is 5.18. The average Bonchev–Trinajstić information content (AvgIpc) is 3.10. The number of rotatable bonds is 2. The lowest BCUT2D eigenvalue weighted by atomic mass is 9.78. The molecule has 0 unspecified atom stereocenters. The summed E-state index contributed by atoms with van der Waals surface area (Å²) >= 11 is 0. The molecule has 1 saturated heterocycles. The van der Waals surface area contributed by atoms with Gasteiger partial charge in [0.05, 0.1) is 17.3 Å². The molecule has 0 radical (unpaired) electrons. The van der Waals surface area contributed by atoms with Gasteiger partial charge in [-0.3, -0.25) is 4.79 Å². The van der Waals surface area contributed by atoms with Crippen molar-refractivity contribution in [1.29, 1.82) is 0 Å². The Hall–Kier alpha value is -2.12. The number of alkyl halides is 3. The Morgan fingerprint density at radius 1 is 1.20 bits per heavy atom. The number of hydrogen-bond acceptors (Lipinski definition) is 3. The topological polar surface area (TPSA) is 50.5 Å². The third kappa shape index (κ3) is 3.93. The molecule has 4 rings (SSSR count). The molecular formula is C22H29F3N4O. The predicted octanol–water partition coefficient (Wildman–Crippen LogP) is 4.77. The van der Waals surface area contributed by atoms with Gasteiger partial charge in [0.15, 0.2) is 5.65 Å². The van der Waals surface area contributed by atoms with Crippen LogP contribution >= 0.6 is 0 Å². The standard InChI is InChI=1S/C22H29F3N4O/c1-14-11-19(21(3)9-4-10-28(13-21)15(2)30)29-20(26-14)12-18(27-29)16-5-7-17(8-6-16)22(23,24)25/h11-12,16-17H,4-10,13H2,1-3H3/t16-,17-,21-/m1/s1. The van der Waals surface area contributed by atoms with Gasteiger partial charge in [-0.05, 0) is 51.5 Å². The second-order valence-corrected chi connectivity index (χ2v) is 9.32. The molecule has 30 heavy (non-hydrogen) atoms. The van der Waals surface area contributed by atoms with Crippen molar-refractivity contribution in [2.75, 3.05) is 13.1 Å². The van der Waals surface area contributed by atoms with E-state index in [0.717, 1.165) is 42.1 Å². The van der Waals surface area contributed by atoms with Crippen LogP contribution in [0.25, 0.3) is 5.65 Å². The lowest BCUT2D eigenvalue weighted by molar-refractivity contribution is -0.182. The number of likely N-dealkylation sites (tertiary alicyclic amines) is 1. The number of piperidine rings is 1. The summed E-state index contributed by atoms with van der Waals surface area (Å²) < 4.78 is 40.9. The summed E-state index contributed by atoms with van der Waals surface area (Å²) in [6, 6.07) is 3.97. The summed E-state index contributed by atoms with van der Waals surface area (Å²) in [5, 5.41) is 4.82. The zero-order chi connectivity index (χ0) is 21.7. The molecule has 1 aliphatic heterocycles. The predicted molar refractivity (Wildman–Crippen MR) is 107 cm³/mol. The molecule has 2 aliphatic rings. The third-order valence-corrected chi connectivity index (χ3v) is 6.94. The van der Waals surface area contributed by atoms with E-state index in [0.29, 0.717) is 19.4 Å². The first kappa shape index (κ1) is 21.1. The van der Waals surface area contributed by atoms with Crippen molar-refractivity contribution in [1.82, 2.24) is 19.5 Å². The smallest absolute Gasteiger partial charge is 0.342 e. The Labute approximate surface area is 174 Å². The van der Waals surface area contributed by atoms with Crippen molar-refractivity contribution < 1.29 is 18.0 Å². The van der Waals surface area contributed by atoms with Crippen LogP contribution in [0.3, 0.4) is 0 Å². The Bertz CT molecular complexity index is 946. The monoisotopic (exact) mass is 422 g/mol. The molecule has 1 atom stereocenters. The summed E-state index contributed by atoms with van der Waals surface area (Å²) in [6.45, 7) is 7.10. The summed E-state index contributed by atoms with van der Waals surface area (Å²) in [7, 11) is 0. The first-order valence-corrected chi connectivity index (χ1v) is 10.8. The van der Waals surface area contributed by atoms with E-state index in [1.165, 1.54) is 0 Å². The maximum Gasteiger partial charge on any atom is 0.391 e. The van der Waals surface area contributed by atoms with Crippen LogP contribution in [-0.4, -0.2) is 44.7 Å². The van der Waals surface area contributed by atoms with Crippen LogP contribution in [0.4, 0.5) is 13.2 Å². The molecule has 0 aromatic carbocycles. The molecule has 2 aromatic heterocycles. The number of fused-ring (bicyclic) bond motifs is 1.